The van der Waals surface area contributed by atoms with Gasteiger partial charge >= 0.3 is 0 Å². The van der Waals surface area contributed by atoms with Gasteiger partial charge in [-0.3, -0.25) is 0 Å². The highest BCUT2D eigenvalue weighted by Crippen LogP contribution is 2.31. The maximum Gasteiger partial charge on any atom is 0.0467 e. The van der Waals surface area contributed by atoms with Gasteiger partial charge in [0.1, 0.15) is 0 Å². The molecule has 3 heteroatoms. The Morgan fingerprint density at radius 1 is 1.38 bits per heavy atom. The summed E-state index contributed by atoms with van der Waals surface area (Å²) in [5.74, 6) is 0. The molecule has 1 aliphatic carbocycles. The van der Waals surface area contributed by atoms with Crippen molar-refractivity contribution >= 4 is 0 Å². The summed E-state index contributed by atoms with van der Waals surface area (Å²) in [6.07, 6.45) is 5.96. The zero-order chi connectivity index (χ0) is 12.1. The molecule has 1 rings (SSSR count). The fourth-order valence-corrected chi connectivity index (χ4v) is 2.11. The Kier molecular flexibility index (Phi) is 5.22. The first-order valence-electron chi connectivity index (χ1n) is 6.46. The minimum atomic E-state index is 0.156. The molecule has 0 aromatic rings. The van der Waals surface area contributed by atoms with Gasteiger partial charge in [0.15, 0.2) is 0 Å². The number of hydrogen-bond acceptors (Lipinski definition) is 3. The number of nitrogens with one attached hydrogen (secondary N) is 1. The van der Waals surface area contributed by atoms with Crippen LogP contribution in [0.15, 0.2) is 0 Å². The third kappa shape index (κ3) is 4.81. The first-order chi connectivity index (χ1) is 7.47. The normalized spacial score (nSPS) is 19.5. The molecule has 1 saturated carbocycles. The van der Waals surface area contributed by atoms with E-state index in [9.17, 15) is 0 Å². The van der Waals surface area contributed by atoms with Gasteiger partial charge in [-0.2, -0.15) is 0 Å². The highest BCUT2D eigenvalue weighted by atomic mass is 16.5. The Labute approximate surface area is 100 Å². The zero-order valence-electron chi connectivity index (χ0n) is 11.1. The van der Waals surface area contributed by atoms with Crippen LogP contribution in [0.5, 0.6) is 0 Å². The van der Waals surface area contributed by atoms with E-state index in [4.69, 9.17) is 10.5 Å². The van der Waals surface area contributed by atoms with Crippen molar-refractivity contribution in [1.82, 2.24) is 5.32 Å². The van der Waals surface area contributed by atoms with E-state index < -0.39 is 0 Å². The van der Waals surface area contributed by atoms with Crippen molar-refractivity contribution in [2.45, 2.75) is 51.5 Å². The first kappa shape index (κ1) is 13.9. The van der Waals surface area contributed by atoms with E-state index in [0.29, 0.717) is 5.41 Å². The maximum absolute atomic E-state index is 6.17. The Hall–Kier alpha value is -0.120. The van der Waals surface area contributed by atoms with Crippen molar-refractivity contribution in [3.05, 3.63) is 0 Å². The lowest BCUT2D eigenvalue weighted by atomic mass is 9.75. The molecule has 96 valence electrons. The van der Waals surface area contributed by atoms with Gasteiger partial charge in [0.25, 0.3) is 0 Å². The highest BCUT2D eigenvalue weighted by Gasteiger charge is 2.31. The second-order valence-corrected chi connectivity index (χ2v) is 6.05. The molecule has 1 fully saturated rings. The van der Waals surface area contributed by atoms with Crippen LogP contribution >= 0.6 is 0 Å². The van der Waals surface area contributed by atoms with Crippen LogP contribution in [0.3, 0.4) is 0 Å². The Morgan fingerprint density at radius 3 is 2.56 bits per heavy atom. The molecular formula is C13H28N2O. The highest BCUT2D eigenvalue weighted by molar-refractivity contribution is 4.92. The van der Waals surface area contributed by atoms with Crippen molar-refractivity contribution in [2.75, 3.05) is 26.8 Å². The Morgan fingerprint density at radius 2 is 2.06 bits per heavy atom. The van der Waals surface area contributed by atoms with Crippen molar-refractivity contribution in [3.63, 3.8) is 0 Å². The van der Waals surface area contributed by atoms with Gasteiger partial charge in [-0.1, -0.05) is 13.8 Å². The van der Waals surface area contributed by atoms with Crippen LogP contribution in [0.4, 0.5) is 0 Å². The molecule has 0 amide bonds. The van der Waals surface area contributed by atoms with Crippen LogP contribution in [0.25, 0.3) is 0 Å². The first-order valence-corrected chi connectivity index (χ1v) is 6.46. The van der Waals surface area contributed by atoms with Gasteiger partial charge in [0.05, 0.1) is 0 Å². The summed E-state index contributed by atoms with van der Waals surface area (Å²) >= 11 is 0. The van der Waals surface area contributed by atoms with Gasteiger partial charge in [0.2, 0.25) is 0 Å². The summed E-state index contributed by atoms with van der Waals surface area (Å²) in [4.78, 5) is 0. The molecule has 0 aliphatic heterocycles. The van der Waals surface area contributed by atoms with Crippen molar-refractivity contribution in [2.24, 2.45) is 11.1 Å². The van der Waals surface area contributed by atoms with Crippen LogP contribution in [-0.4, -0.2) is 32.3 Å². The lowest BCUT2D eigenvalue weighted by Gasteiger charge is -2.38. The zero-order valence-corrected chi connectivity index (χ0v) is 11.1. The van der Waals surface area contributed by atoms with Crippen LogP contribution in [0.2, 0.25) is 0 Å². The fraction of sp³-hybridized carbons (Fsp3) is 1.00. The summed E-state index contributed by atoms with van der Waals surface area (Å²) in [7, 11) is 1.76. The monoisotopic (exact) mass is 228 g/mol. The van der Waals surface area contributed by atoms with Crippen molar-refractivity contribution in [1.29, 1.82) is 0 Å². The second kappa shape index (κ2) is 5.99. The Bertz CT molecular complexity index is 200. The molecule has 0 aromatic carbocycles. The lowest BCUT2D eigenvalue weighted by molar-refractivity contribution is 0.149. The van der Waals surface area contributed by atoms with E-state index in [1.165, 1.54) is 19.3 Å². The van der Waals surface area contributed by atoms with E-state index in [1.54, 1.807) is 7.11 Å². The molecule has 16 heavy (non-hydrogen) atoms. The molecule has 0 saturated heterocycles. The topological polar surface area (TPSA) is 47.3 Å². The molecule has 0 atom stereocenters. The SMILES string of the molecule is COCCC(C)(C)CNCCC1(N)CCC1. The third-order valence-corrected chi connectivity index (χ3v) is 3.74. The van der Waals surface area contributed by atoms with Gasteiger partial charge in [-0.15, -0.1) is 0 Å². The van der Waals surface area contributed by atoms with Gasteiger partial charge in [0, 0.05) is 25.8 Å². The molecule has 0 heterocycles. The molecule has 0 aromatic heterocycles. The van der Waals surface area contributed by atoms with Gasteiger partial charge in [-0.25, -0.2) is 0 Å². The average Bonchev–Trinajstić information content (AvgIpc) is 2.19. The fourth-order valence-electron chi connectivity index (χ4n) is 2.11. The number of rotatable bonds is 8. The molecule has 3 N–H and O–H groups in total. The Balaban J connectivity index is 2.05. The lowest BCUT2D eigenvalue weighted by Crippen LogP contribution is -2.48. The minimum Gasteiger partial charge on any atom is -0.385 e. The summed E-state index contributed by atoms with van der Waals surface area (Å²) in [5, 5.41) is 3.52. The van der Waals surface area contributed by atoms with Crippen LogP contribution in [0.1, 0.15) is 46.0 Å². The van der Waals surface area contributed by atoms with E-state index in [1.807, 2.05) is 0 Å². The average molecular weight is 228 g/mol. The van der Waals surface area contributed by atoms with E-state index in [2.05, 4.69) is 19.2 Å². The number of nitrogens with two attached hydrogens (primary N) is 1. The quantitative estimate of drug-likeness (QED) is 0.624. The van der Waals surface area contributed by atoms with Crippen LogP contribution in [0, 0.1) is 5.41 Å². The van der Waals surface area contributed by atoms with E-state index >= 15 is 0 Å². The van der Waals surface area contributed by atoms with E-state index in [-0.39, 0.29) is 5.54 Å². The van der Waals surface area contributed by atoms with Crippen LogP contribution in [-0.2, 0) is 4.74 Å². The summed E-state index contributed by atoms with van der Waals surface area (Å²) in [6.45, 7) is 7.50. The van der Waals surface area contributed by atoms with Crippen molar-refractivity contribution in [3.8, 4) is 0 Å². The minimum absolute atomic E-state index is 0.156. The summed E-state index contributed by atoms with van der Waals surface area (Å²) in [6, 6.07) is 0. The summed E-state index contributed by atoms with van der Waals surface area (Å²) < 4.78 is 5.12. The van der Waals surface area contributed by atoms with Gasteiger partial charge in [-0.05, 0) is 44.1 Å². The molecule has 3 nitrogen and oxygen atoms in total. The van der Waals surface area contributed by atoms with Crippen LogP contribution < -0.4 is 11.1 Å². The number of ether oxygens (including phenoxy) is 1. The largest absolute Gasteiger partial charge is 0.385 e. The van der Waals surface area contributed by atoms with E-state index in [0.717, 1.165) is 32.5 Å². The maximum atomic E-state index is 6.17. The predicted molar refractivity (Wildman–Crippen MR) is 68.5 cm³/mol. The standard InChI is InChI=1S/C13H28N2O/c1-12(2,8-10-16-3)11-15-9-7-13(14)5-4-6-13/h15H,4-11,14H2,1-3H3. The molecule has 1 aliphatic rings. The number of hydrogen-bond donors (Lipinski definition) is 2. The third-order valence-electron chi connectivity index (χ3n) is 3.74. The predicted octanol–water partition coefficient (Wildman–Crippen LogP) is 1.91. The molecule has 0 unspecified atom stereocenters. The molecular weight excluding hydrogens is 200 g/mol. The summed E-state index contributed by atoms with van der Waals surface area (Å²) in [5.41, 5.74) is 6.65. The van der Waals surface area contributed by atoms with Crippen molar-refractivity contribution < 1.29 is 4.74 Å². The smallest absolute Gasteiger partial charge is 0.0467 e. The number of methoxy groups -OCH3 is 1. The molecule has 0 spiro atoms. The van der Waals surface area contributed by atoms with Gasteiger partial charge < -0.3 is 15.8 Å². The second-order valence-electron chi connectivity index (χ2n) is 6.05. The molecule has 0 radical (unpaired) electrons. The molecule has 0 bridgehead atoms.